The largest absolute Gasteiger partial charge is 0.486 e. The zero-order valence-corrected chi connectivity index (χ0v) is 11.8. The molecule has 0 bridgehead atoms. The molecule has 4 nitrogen and oxygen atoms in total. The highest BCUT2D eigenvalue weighted by atomic mass is 16.6. The molecule has 0 radical (unpaired) electrons. The maximum Gasteiger partial charge on any atom is 0.161 e. The molecule has 3 aromatic rings. The van der Waals surface area contributed by atoms with Crippen molar-refractivity contribution in [2.75, 3.05) is 6.61 Å². The van der Waals surface area contributed by atoms with Gasteiger partial charge in [0.1, 0.15) is 18.4 Å². The first-order chi connectivity index (χ1) is 10.3. The van der Waals surface area contributed by atoms with Crippen LogP contribution < -0.4 is 9.47 Å². The molecule has 21 heavy (non-hydrogen) atoms. The summed E-state index contributed by atoms with van der Waals surface area (Å²) < 4.78 is 13.9. The average Bonchev–Trinajstić information content (AvgIpc) is 2.95. The Kier molecular flexibility index (Phi) is 2.81. The number of hydrogen-bond acceptors (Lipinski definition) is 3. The molecule has 0 fully saturated rings. The number of ether oxygens (including phenoxy) is 2. The molecule has 0 spiro atoms. The van der Waals surface area contributed by atoms with Crippen LogP contribution in [0.4, 0.5) is 0 Å². The fourth-order valence-electron chi connectivity index (χ4n) is 2.67. The van der Waals surface area contributed by atoms with E-state index < -0.39 is 0 Å². The maximum absolute atomic E-state index is 6.03. The quantitative estimate of drug-likeness (QED) is 0.724. The average molecular weight is 280 g/mol. The molecule has 4 heteroatoms. The highest BCUT2D eigenvalue weighted by Crippen LogP contribution is 2.33. The number of fused-ring (bicyclic) bond motifs is 2. The second-order valence-electron chi connectivity index (χ2n) is 5.44. The van der Waals surface area contributed by atoms with Gasteiger partial charge in [0.25, 0.3) is 0 Å². The summed E-state index contributed by atoms with van der Waals surface area (Å²) in [4.78, 5) is 4.25. The summed E-state index contributed by atoms with van der Waals surface area (Å²) in [5.41, 5.74) is 3.35. The molecule has 0 saturated carbocycles. The third-order valence-corrected chi connectivity index (χ3v) is 3.73. The summed E-state index contributed by atoms with van der Waals surface area (Å²) in [6, 6.07) is 10.2. The Morgan fingerprint density at radius 3 is 3.14 bits per heavy atom. The maximum atomic E-state index is 6.03. The predicted octanol–water partition coefficient (Wildman–Crippen LogP) is 3.03. The molecule has 1 aliphatic rings. The van der Waals surface area contributed by atoms with Gasteiger partial charge in [0.05, 0.1) is 0 Å². The van der Waals surface area contributed by atoms with Gasteiger partial charge in [0, 0.05) is 25.0 Å². The van der Waals surface area contributed by atoms with Crippen molar-refractivity contribution in [2.45, 2.75) is 19.4 Å². The molecule has 0 saturated heterocycles. The summed E-state index contributed by atoms with van der Waals surface area (Å²) in [5, 5.41) is 0. The lowest BCUT2D eigenvalue weighted by Crippen LogP contribution is -2.31. The normalized spacial score (nSPS) is 17.1. The van der Waals surface area contributed by atoms with E-state index in [1.165, 1.54) is 11.1 Å². The van der Waals surface area contributed by atoms with Crippen LogP contribution in [0.15, 0.2) is 48.9 Å². The van der Waals surface area contributed by atoms with Gasteiger partial charge < -0.3 is 13.9 Å². The first kappa shape index (κ1) is 12.3. The van der Waals surface area contributed by atoms with Crippen molar-refractivity contribution in [2.24, 2.45) is 0 Å². The zero-order valence-electron chi connectivity index (χ0n) is 11.8. The SMILES string of the molecule is Cc1ccc2c(c1)OCC(Cc1ccc3nccn3c1)O2. The van der Waals surface area contributed by atoms with Crippen LogP contribution in [0.1, 0.15) is 11.1 Å². The van der Waals surface area contributed by atoms with Crippen molar-refractivity contribution in [3.63, 3.8) is 0 Å². The number of benzene rings is 1. The van der Waals surface area contributed by atoms with E-state index in [0.717, 1.165) is 23.6 Å². The Morgan fingerprint density at radius 2 is 2.19 bits per heavy atom. The van der Waals surface area contributed by atoms with Crippen molar-refractivity contribution < 1.29 is 9.47 Å². The number of aryl methyl sites for hydroxylation is 1. The van der Waals surface area contributed by atoms with Crippen LogP contribution in [0.5, 0.6) is 11.5 Å². The molecule has 0 amide bonds. The van der Waals surface area contributed by atoms with Crippen molar-refractivity contribution in [1.29, 1.82) is 0 Å². The molecule has 1 unspecified atom stereocenters. The second-order valence-corrected chi connectivity index (χ2v) is 5.44. The predicted molar refractivity (Wildman–Crippen MR) is 80.0 cm³/mol. The molecule has 1 aromatic carbocycles. The molecule has 2 aromatic heterocycles. The topological polar surface area (TPSA) is 35.8 Å². The number of nitrogens with zero attached hydrogens (tertiary/aromatic N) is 2. The van der Waals surface area contributed by atoms with Gasteiger partial charge in [-0.05, 0) is 36.2 Å². The fraction of sp³-hybridized carbons (Fsp3) is 0.235. The second kappa shape index (κ2) is 4.81. The molecular weight excluding hydrogens is 264 g/mol. The van der Waals surface area contributed by atoms with E-state index >= 15 is 0 Å². The van der Waals surface area contributed by atoms with E-state index in [4.69, 9.17) is 9.47 Å². The molecule has 3 heterocycles. The van der Waals surface area contributed by atoms with E-state index in [2.05, 4.69) is 24.2 Å². The summed E-state index contributed by atoms with van der Waals surface area (Å²) in [5.74, 6) is 1.68. The minimum Gasteiger partial charge on any atom is -0.486 e. The van der Waals surface area contributed by atoms with Gasteiger partial charge >= 0.3 is 0 Å². The monoisotopic (exact) mass is 280 g/mol. The van der Waals surface area contributed by atoms with Crippen LogP contribution in [0.25, 0.3) is 5.65 Å². The highest BCUT2D eigenvalue weighted by molar-refractivity contribution is 5.44. The van der Waals surface area contributed by atoms with Crippen LogP contribution in [-0.4, -0.2) is 22.1 Å². The Hall–Kier alpha value is -2.49. The van der Waals surface area contributed by atoms with Crippen molar-refractivity contribution in [3.05, 3.63) is 60.0 Å². The number of pyridine rings is 1. The lowest BCUT2D eigenvalue weighted by atomic mass is 10.1. The van der Waals surface area contributed by atoms with Crippen molar-refractivity contribution >= 4 is 5.65 Å². The van der Waals surface area contributed by atoms with E-state index in [1.807, 2.05) is 34.9 Å². The Morgan fingerprint density at radius 1 is 1.24 bits per heavy atom. The van der Waals surface area contributed by atoms with E-state index in [-0.39, 0.29) is 6.10 Å². The first-order valence-corrected chi connectivity index (χ1v) is 7.10. The van der Waals surface area contributed by atoms with E-state index in [9.17, 15) is 0 Å². The standard InChI is InChI=1S/C17H16N2O2/c1-12-2-4-15-16(8-12)20-11-14(21-15)9-13-3-5-17-18-6-7-19(17)10-13/h2-8,10,14H,9,11H2,1H3. The number of hydrogen-bond donors (Lipinski definition) is 0. The first-order valence-electron chi connectivity index (χ1n) is 7.10. The third kappa shape index (κ3) is 2.33. The summed E-state index contributed by atoms with van der Waals surface area (Å²) in [6.45, 7) is 2.63. The van der Waals surface area contributed by atoms with Crippen molar-refractivity contribution in [3.8, 4) is 11.5 Å². The molecule has 0 aliphatic carbocycles. The molecule has 1 atom stereocenters. The van der Waals surface area contributed by atoms with Crippen LogP contribution in [-0.2, 0) is 6.42 Å². The van der Waals surface area contributed by atoms with E-state index in [0.29, 0.717) is 6.61 Å². The lowest BCUT2D eigenvalue weighted by molar-refractivity contribution is 0.0911. The Labute approximate surface area is 123 Å². The minimum atomic E-state index is 0.0428. The van der Waals surface area contributed by atoms with Crippen LogP contribution >= 0.6 is 0 Å². The van der Waals surface area contributed by atoms with Gasteiger partial charge in [0.2, 0.25) is 0 Å². The Bertz CT molecular complexity index is 794. The smallest absolute Gasteiger partial charge is 0.161 e. The third-order valence-electron chi connectivity index (χ3n) is 3.73. The van der Waals surface area contributed by atoms with E-state index in [1.54, 1.807) is 6.20 Å². The number of imidazole rings is 1. The van der Waals surface area contributed by atoms with Crippen LogP contribution in [0.3, 0.4) is 0 Å². The summed E-state index contributed by atoms with van der Waals surface area (Å²) in [6.07, 6.45) is 6.71. The summed E-state index contributed by atoms with van der Waals surface area (Å²) in [7, 11) is 0. The number of aromatic nitrogens is 2. The highest BCUT2D eigenvalue weighted by Gasteiger charge is 2.21. The molecule has 0 N–H and O–H groups in total. The molecule has 4 rings (SSSR count). The van der Waals surface area contributed by atoms with Crippen LogP contribution in [0, 0.1) is 6.92 Å². The van der Waals surface area contributed by atoms with Gasteiger partial charge in [-0.2, -0.15) is 0 Å². The zero-order chi connectivity index (χ0) is 14.2. The molecule has 1 aliphatic heterocycles. The molecule has 106 valence electrons. The van der Waals surface area contributed by atoms with Crippen LogP contribution in [0.2, 0.25) is 0 Å². The van der Waals surface area contributed by atoms with Gasteiger partial charge in [-0.15, -0.1) is 0 Å². The fourth-order valence-corrected chi connectivity index (χ4v) is 2.67. The number of rotatable bonds is 2. The van der Waals surface area contributed by atoms with Gasteiger partial charge in [-0.25, -0.2) is 4.98 Å². The van der Waals surface area contributed by atoms with Crippen molar-refractivity contribution in [1.82, 2.24) is 9.38 Å². The molecular formula is C17H16N2O2. The Balaban J connectivity index is 1.54. The minimum absolute atomic E-state index is 0.0428. The lowest BCUT2D eigenvalue weighted by Gasteiger charge is -2.26. The van der Waals surface area contributed by atoms with Gasteiger partial charge in [0.15, 0.2) is 11.5 Å². The summed E-state index contributed by atoms with van der Waals surface area (Å²) >= 11 is 0. The van der Waals surface area contributed by atoms with Gasteiger partial charge in [-0.1, -0.05) is 12.1 Å². The van der Waals surface area contributed by atoms with Gasteiger partial charge in [-0.3, -0.25) is 0 Å².